The van der Waals surface area contributed by atoms with E-state index >= 15 is 0 Å². The van der Waals surface area contributed by atoms with Gasteiger partial charge in [-0.15, -0.1) is 0 Å². The number of aliphatic hydroxyl groups excluding tert-OH is 1. The molecule has 2 aromatic rings. The Kier molecular flexibility index (Phi) is 6.18. The Morgan fingerprint density at radius 1 is 0.889 bits per heavy atom. The maximum absolute atomic E-state index is 12.4. The Balaban J connectivity index is 1.79. The Bertz CT molecular complexity index is 762. The van der Waals surface area contributed by atoms with E-state index in [9.17, 15) is 14.7 Å². The van der Waals surface area contributed by atoms with Crippen LogP contribution >= 0.6 is 0 Å². The molecule has 0 saturated carbocycles. The molecule has 1 N–H and O–H groups in total. The number of esters is 2. The summed E-state index contributed by atoms with van der Waals surface area (Å²) in [4.78, 5) is 24.8. The van der Waals surface area contributed by atoms with Gasteiger partial charge in [-0.25, -0.2) is 9.59 Å². The van der Waals surface area contributed by atoms with Crippen LogP contribution in [0, 0.1) is 0 Å². The predicted molar refractivity (Wildman–Crippen MR) is 94.0 cm³/mol. The minimum atomic E-state index is -1.17. The fraction of sp³-hybridized carbons (Fsp3) is 0.300. The smallest absolute Gasteiger partial charge is 0.338 e. The van der Waals surface area contributed by atoms with Gasteiger partial charge in [-0.2, -0.15) is 0 Å². The maximum Gasteiger partial charge on any atom is 0.338 e. The molecule has 1 saturated heterocycles. The van der Waals surface area contributed by atoms with Gasteiger partial charge in [0.05, 0.1) is 17.7 Å². The first-order chi connectivity index (χ1) is 13.1. The van der Waals surface area contributed by atoms with Crippen LogP contribution in [0.4, 0.5) is 0 Å². The van der Waals surface area contributed by atoms with E-state index in [-0.39, 0.29) is 6.61 Å². The van der Waals surface area contributed by atoms with Gasteiger partial charge in [-0.3, -0.25) is 0 Å². The van der Waals surface area contributed by atoms with Crippen LogP contribution in [0.25, 0.3) is 0 Å². The summed E-state index contributed by atoms with van der Waals surface area (Å²) < 4.78 is 21.5. The van der Waals surface area contributed by atoms with Gasteiger partial charge < -0.3 is 24.1 Å². The molecule has 0 spiro atoms. The van der Waals surface area contributed by atoms with Crippen LogP contribution in [0.5, 0.6) is 0 Å². The Morgan fingerprint density at radius 3 is 1.85 bits per heavy atom. The van der Waals surface area contributed by atoms with Gasteiger partial charge in [0.25, 0.3) is 0 Å². The zero-order valence-electron chi connectivity index (χ0n) is 14.7. The van der Waals surface area contributed by atoms with E-state index in [4.69, 9.17) is 18.9 Å². The normalized spacial score (nSPS) is 24.8. The van der Waals surface area contributed by atoms with E-state index in [1.165, 1.54) is 7.11 Å². The predicted octanol–water partition coefficient (Wildman–Crippen LogP) is 1.80. The van der Waals surface area contributed by atoms with Crippen LogP contribution < -0.4 is 0 Å². The molecule has 1 heterocycles. The molecular weight excluding hydrogens is 352 g/mol. The molecule has 1 fully saturated rings. The van der Waals surface area contributed by atoms with Gasteiger partial charge in [-0.1, -0.05) is 36.4 Å². The second-order valence-corrected chi connectivity index (χ2v) is 5.98. The summed E-state index contributed by atoms with van der Waals surface area (Å²) in [7, 11) is 1.38. The number of hydrogen-bond donors (Lipinski definition) is 1. The Labute approximate surface area is 156 Å². The molecule has 0 unspecified atom stereocenters. The number of aliphatic hydroxyl groups is 1. The van der Waals surface area contributed by atoms with Crippen molar-refractivity contribution in [2.24, 2.45) is 0 Å². The number of methoxy groups -OCH3 is 1. The number of ether oxygens (including phenoxy) is 4. The second kappa shape index (κ2) is 8.77. The quantitative estimate of drug-likeness (QED) is 0.800. The molecule has 1 aliphatic heterocycles. The number of hydrogen-bond acceptors (Lipinski definition) is 7. The van der Waals surface area contributed by atoms with Gasteiger partial charge >= 0.3 is 11.9 Å². The summed E-state index contributed by atoms with van der Waals surface area (Å²) in [6.45, 7) is -0.120. The summed E-state index contributed by atoms with van der Waals surface area (Å²) >= 11 is 0. The summed E-state index contributed by atoms with van der Waals surface area (Å²) in [5.74, 6) is -1.28. The van der Waals surface area contributed by atoms with Crippen LogP contribution in [0.3, 0.4) is 0 Å². The summed E-state index contributed by atoms with van der Waals surface area (Å²) in [6.07, 6.45) is -4.41. The standard InChI is InChI=1S/C20H20O7/c1-24-20-17(27-19(23)14-10-6-3-7-11-14)16(15(21)12-25-20)26-18(22)13-8-4-2-5-9-13/h2-11,15-17,20-21H,12H2,1H3/t15-,16-,17+,20-/m0/s1. The average molecular weight is 372 g/mol. The summed E-state index contributed by atoms with van der Waals surface area (Å²) in [5.41, 5.74) is 0.638. The topological polar surface area (TPSA) is 91.3 Å². The fourth-order valence-electron chi connectivity index (χ4n) is 2.76. The van der Waals surface area contributed by atoms with Crippen LogP contribution in [0.2, 0.25) is 0 Å². The molecule has 7 heteroatoms. The van der Waals surface area contributed by atoms with Crippen molar-refractivity contribution in [2.75, 3.05) is 13.7 Å². The van der Waals surface area contributed by atoms with Crippen LogP contribution in [0.1, 0.15) is 20.7 Å². The monoisotopic (exact) mass is 372 g/mol. The number of carbonyl (C=O) groups excluding carboxylic acids is 2. The molecular formula is C20H20O7. The second-order valence-electron chi connectivity index (χ2n) is 5.98. The lowest BCUT2D eigenvalue weighted by Gasteiger charge is -2.38. The Morgan fingerprint density at radius 2 is 1.37 bits per heavy atom. The van der Waals surface area contributed by atoms with E-state index in [1.807, 2.05) is 0 Å². The largest absolute Gasteiger partial charge is 0.452 e. The number of rotatable bonds is 5. The lowest BCUT2D eigenvalue weighted by molar-refractivity contribution is -0.260. The van der Waals surface area contributed by atoms with Gasteiger partial charge in [0.1, 0.15) is 6.10 Å². The van der Waals surface area contributed by atoms with Crippen molar-refractivity contribution in [3.8, 4) is 0 Å². The van der Waals surface area contributed by atoms with E-state index < -0.39 is 36.5 Å². The molecule has 0 bridgehead atoms. The molecule has 0 amide bonds. The molecule has 3 rings (SSSR count). The van der Waals surface area contributed by atoms with Crippen molar-refractivity contribution in [2.45, 2.75) is 24.6 Å². The molecule has 0 aromatic heterocycles. The molecule has 142 valence electrons. The third-order valence-corrected chi connectivity index (χ3v) is 4.14. The molecule has 27 heavy (non-hydrogen) atoms. The highest BCUT2D eigenvalue weighted by Crippen LogP contribution is 2.24. The summed E-state index contributed by atoms with van der Waals surface area (Å²) in [6, 6.07) is 16.7. The highest BCUT2D eigenvalue weighted by atomic mass is 16.7. The van der Waals surface area contributed by atoms with Gasteiger partial charge in [-0.05, 0) is 24.3 Å². The van der Waals surface area contributed by atoms with Crippen molar-refractivity contribution < 1.29 is 33.6 Å². The average Bonchev–Trinajstić information content (AvgIpc) is 2.72. The SMILES string of the molecule is CO[C@H]1OC[C@H](O)[C@H](OC(=O)c2ccccc2)[C@H]1OC(=O)c1ccccc1. The van der Waals surface area contributed by atoms with E-state index in [2.05, 4.69) is 0 Å². The fourth-order valence-corrected chi connectivity index (χ4v) is 2.76. The zero-order valence-corrected chi connectivity index (χ0v) is 14.7. The first-order valence-corrected chi connectivity index (χ1v) is 8.44. The van der Waals surface area contributed by atoms with Crippen molar-refractivity contribution in [3.63, 3.8) is 0 Å². The van der Waals surface area contributed by atoms with Crippen molar-refractivity contribution in [1.82, 2.24) is 0 Å². The van der Waals surface area contributed by atoms with Crippen LogP contribution in [-0.2, 0) is 18.9 Å². The minimum absolute atomic E-state index is 0.120. The first kappa shape index (κ1) is 19.0. The highest BCUT2D eigenvalue weighted by Gasteiger charge is 2.45. The third kappa shape index (κ3) is 4.51. The van der Waals surface area contributed by atoms with Crippen LogP contribution in [0.15, 0.2) is 60.7 Å². The van der Waals surface area contributed by atoms with Gasteiger partial charge in [0.15, 0.2) is 18.5 Å². The zero-order chi connectivity index (χ0) is 19.2. The summed E-state index contributed by atoms with van der Waals surface area (Å²) in [5, 5.41) is 10.3. The first-order valence-electron chi connectivity index (χ1n) is 8.44. The lowest BCUT2D eigenvalue weighted by atomic mass is 10.0. The van der Waals surface area contributed by atoms with Crippen LogP contribution in [-0.4, -0.2) is 55.4 Å². The molecule has 1 aliphatic rings. The molecule has 4 atom stereocenters. The molecule has 0 aliphatic carbocycles. The van der Waals surface area contributed by atoms with Crippen molar-refractivity contribution in [1.29, 1.82) is 0 Å². The van der Waals surface area contributed by atoms with Gasteiger partial charge in [0, 0.05) is 7.11 Å². The van der Waals surface area contributed by atoms with Crippen molar-refractivity contribution >= 4 is 11.9 Å². The highest BCUT2D eigenvalue weighted by molar-refractivity contribution is 5.90. The Hall–Kier alpha value is -2.74. The van der Waals surface area contributed by atoms with Gasteiger partial charge in [0.2, 0.25) is 0 Å². The number of benzene rings is 2. The minimum Gasteiger partial charge on any atom is -0.452 e. The lowest BCUT2D eigenvalue weighted by Crippen LogP contribution is -2.57. The molecule has 0 radical (unpaired) electrons. The van der Waals surface area contributed by atoms with E-state index in [0.717, 1.165) is 0 Å². The maximum atomic E-state index is 12.4. The van der Waals surface area contributed by atoms with Crippen molar-refractivity contribution in [3.05, 3.63) is 71.8 Å². The third-order valence-electron chi connectivity index (χ3n) is 4.14. The van der Waals surface area contributed by atoms with E-state index in [0.29, 0.717) is 11.1 Å². The van der Waals surface area contributed by atoms with E-state index in [1.54, 1.807) is 60.7 Å². The molecule has 7 nitrogen and oxygen atoms in total. The molecule has 2 aromatic carbocycles. The number of carbonyl (C=O) groups is 2.